The minimum absolute atomic E-state index is 0.136. The Morgan fingerprint density at radius 2 is 2.00 bits per heavy atom. The van der Waals surface area contributed by atoms with Crippen LogP contribution in [0.1, 0.15) is 58.4 Å². The van der Waals surface area contributed by atoms with Crippen LogP contribution in [-0.4, -0.2) is 17.6 Å². The second-order valence-corrected chi connectivity index (χ2v) is 7.60. The molecule has 2 atom stereocenters. The minimum atomic E-state index is -0.798. The van der Waals surface area contributed by atoms with Gasteiger partial charge in [-0.2, -0.15) is 0 Å². The second-order valence-electron chi connectivity index (χ2n) is 7.19. The third kappa shape index (κ3) is 4.29. The van der Waals surface area contributed by atoms with Crippen LogP contribution >= 0.6 is 11.6 Å². The highest BCUT2D eigenvalue weighted by Crippen LogP contribution is 2.43. The Hall–Kier alpha value is -1.81. The largest absolute Gasteiger partial charge is 0.456 e. The van der Waals surface area contributed by atoms with E-state index in [1.165, 1.54) is 6.07 Å². The number of anilines is 1. The first-order valence-corrected chi connectivity index (χ1v) is 9.30. The van der Waals surface area contributed by atoms with E-state index in [0.29, 0.717) is 24.1 Å². The molecule has 0 radical (unpaired) electrons. The number of benzene rings is 1. The molecule has 26 heavy (non-hydrogen) atoms. The second kappa shape index (κ2) is 7.83. The molecule has 1 aromatic carbocycles. The fourth-order valence-corrected chi connectivity index (χ4v) is 2.85. The molecule has 0 saturated heterocycles. The molecular formula is C21H27ClFNO2. The van der Waals surface area contributed by atoms with E-state index in [9.17, 15) is 9.18 Å². The summed E-state index contributed by atoms with van der Waals surface area (Å²) in [6.07, 6.45) is 1.71. The number of rotatable bonds is 8. The van der Waals surface area contributed by atoms with E-state index in [4.69, 9.17) is 16.3 Å². The Morgan fingerprint density at radius 3 is 2.50 bits per heavy atom. The van der Waals surface area contributed by atoms with Crippen LogP contribution in [0, 0.1) is 5.82 Å². The molecule has 2 unspecified atom stereocenters. The van der Waals surface area contributed by atoms with Crippen molar-refractivity contribution in [1.82, 2.24) is 0 Å². The summed E-state index contributed by atoms with van der Waals surface area (Å²) in [5.74, 6) is -0.838. The SMILES string of the molecule is C=C(C)C(C)OC(=O)C1(Nc2cc(C(C)C(=C)CC)c(F)cc2Cl)CC1. The number of esters is 1. The maximum Gasteiger partial charge on any atom is 0.332 e. The summed E-state index contributed by atoms with van der Waals surface area (Å²) in [6.45, 7) is 15.3. The van der Waals surface area contributed by atoms with Gasteiger partial charge in [0.15, 0.2) is 0 Å². The van der Waals surface area contributed by atoms with E-state index in [1.807, 2.05) is 20.8 Å². The summed E-state index contributed by atoms with van der Waals surface area (Å²) >= 11 is 6.22. The summed E-state index contributed by atoms with van der Waals surface area (Å²) in [7, 11) is 0. The Kier molecular flexibility index (Phi) is 6.17. The molecule has 5 heteroatoms. The molecule has 0 aliphatic heterocycles. The van der Waals surface area contributed by atoms with Gasteiger partial charge in [-0.05, 0) is 56.4 Å². The van der Waals surface area contributed by atoms with Gasteiger partial charge in [0, 0.05) is 5.92 Å². The van der Waals surface area contributed by atoms with Gasteiger partial charge in [-0.25, -0.2) is 9.18 Å². The smallest absolute Gasteiger partial charge is 0.332 e. The molecule has 1 N–H and O–H groups in total. The zero-order valence-electron chi connectivity index (χ0n) is 15.9. The number of carbonyl (C=O) groups is 1. The van der Waals surface area contributed by atoms with E-state index in [0.717, 1.165) is 17.6 Å². The maximum absolute atomic E-state index is 14.4. The van der Waals surface area contributed by atoms with Crippen LogP contribution in [-0.2, 0) is 9.53 Å². The minimum Gasteiger partial charge on any atom is -0.456 e. The highest BCUT2D eigenvalue weighted by Gasteiger charge is 2.52. The van der Waals surface area contributed by atoms with Gasteiger partial charge in [0.1, 0.15) is 17.5 Å². The topological polar surface area (TPSA) is 38.3 Å². The average Bonchev–Trinajstić information content (AvgIpc) is 3.36. The van der Waals surface area contributed by atoms with Gasteiger partial charge in [-0.15, -0.1) is 0 Å². The van der Waals surface area contributed by atoms with Gasteiger partial charge in [0.2, 0.25) is 0 Å². The molecule has 142 valence electrons. The number of halogens is 2. The molecular weight excluding hydrogens is 353 g/mol. The van der Waals surface area contributed by atoms with E-state index < -0.39 is 5.54 Å². The van der Waals surface area contributed by atoms with Gasteiger partial charge in [-0.3, -0.25) is 0 Å². The first-order chi connectivity index (χ1) is 12.1. The first kappa shape index (κ1) is 20.5. The van der Waals surface area contributed by atoms with Crippen LogP contribution in [0.5, 0.6) is 0 Å². The summed E-state index contributed by atoms with van der Waals surface area (Å²) in [4.78, 5) is 12.5. The number of ether oxygens (including phenoxy) is 1. The Labute approximate surface area is 160 Å². The monoisotopic (exact) mass is 379 g/mol. The number of allylic oxidation sites excluding steroid dienone is 1. The molecule has 0 heterocycles. The van der Waals surface area contributed by atoms with Crippen LogP contribution in [0.3, 0.4) is 0 Å². The van der Waals surface area contributed by atoms with Crippen LogP contribution in [0.25, 0.3) is 0 Å². The van der Waals surface area contributed by atoms with E-state index in [1.54, 1.807) is 13.0 Å². The molecule has 1 aliphatic rings. The predicted octanol–water partition coefficient (Wildman–Crippen LogP) is 6.00. The Morgan fingerprint density at radius 1 is 1.38 bits per heavy atom. The van der Waals surface area contributed by atoms with Crippen molar-refractivity contribution >= 4 is 23.3 Å². The van der Waals surface area contributed by atoms with Crippen LogP contribution in [0.2, 0.25) is 5.02 Å². The molecule has 0 spiro atoms. The quantitative estimate of drug-likeness (QED) is 0.444. The van der Waals surface area contributed by atoms with Gasteiger partial charge >= 0.3 is 5.97 Å². The van der Waals surface area contributed by atoms with Gasteiger partial charge < -0.3 is 10.1 Å². The van der Waals surface area contributed by atoms with Crippen molar-refractivity contribution < 1.29 is 13.9 Å². The third-order valence-electron chi connectivity index (χ3n) is 5.11. The molecule has 1 aromatic rings. The number of carbonyl (C=O) groups excluding carboxylic acids is 1. The molecule has 3 nitrogen and oxygen atoms in total. The molecule has 0 aromatic heterocycles. The highest BCUT2D eigenvalue weighted by molar-refractivity contribution is 6.33. The van der Waals surface area contributed by atoms with Crippen molar-refractivity contribution in [3.8, 4) is 0 Å². The van der Waals surface area contributed by atoms with E-state index in [-0.39, 0.29) is 28.8 Å². The molecule has 1 saturated carbocycles. The lowest BCUT2D eigenvalue weighted by Gasteiger charge is -2.23. The fraction of sp³-hybridized carbons (Fsp3) is 0.476. The first-order valence-electron chi connectivity index (χ1n) is 8.92. The summed E-state index contributed by atoms with van der Waals surface area (Å²) in [5, 5.41) is 3.43. The van der Waals surface area contributed by atoms with Gasteiger partial charge in [0.05, 0.1) is 10.7 Å². The normalized spacial score (nSPS) is 17.2. The summed E-state index contributed by atoms with van der Waals surface area (Å²) < 4.78 is 19.9. The fourth-order valence-electron chi connectivity index (χ4n) is 2.66. The lowest BCUT2D eigenvalue weighted by atomic mass is 9.91. The van der Waals surface area contributed by atoms with E-state index in [2.05, 4.69) is 18.5 Å². The lowest BCUT2D eigenvalue weighted by molar-refractivity contribution is -0.148. The highest BCUT2D eigenvalue weighted by atomic mass is 35.5. The molecule has 0 bridgehead atoms. The van der Waals surface area contributed by atoms with Crippen molar-refractivity contribution in [3.63, 3.8) is 0 Å². The van der Waals surface area contributed by atoms with Gasteiger partial charge in [-0.1, -0.05) is 44.2 Å². The summed E-state index contributed by atoms with van der Waals surface area (Å²) in [5.41, 5.74) is 1.98. The van der Waals surface area contributed by atoms with Crippen LogP contribution < -0.4 is 5.32 Å². The number of hydrogen-bond donors (Lipinski definition) is 1. The predicted molar refractivity (Wildman–Crippen MR) is 105 cm³/mol. The van der Waals surface area contributed by atoms with Crippen LogP contribution in [0.15, 0.2) is 36.4 Å². The Bertz CT molecular complexity index is 740. The zero-order valence-corrected chi connectivity index (χ0v) is 16.7. The number of nitrogens with one attached hydrogen (secondary N) is 1. The van der Waals surface area contributed by atoms with Crippen molar-refractivity contribution in [3.05, 3.63) is 52.8 Å². The average molecular weight is 380 g/mol. The molecule has 2 rings (SSSR count). The molecule has 1 aliphatic carbocycles. The standard InChI is InChI=1S/C21H27ClFNO2/c1-7-13(4)14(5)16-10-19(17(22)11-18(16)23)24-21(8-9-21)20(25)26-15(6)12(2)3/h10-11,14-15,24H,2,4,7-9H2,1,3,5-6H3. The zero-order chi connectivity index (χ0) is 19.6. The van der Waals surface area contributed by atoms with Crippen molar-refractivity contribution in [2.45, 2.75) is 64.5 Å². The third-order valence-corrected chi connectivity index (χ3v) is 5.42. The van der Waals surface area contributed by atoms with Crippen molar-refractivity contribution in [2.75, 3.05) is 5.32 Å². The molecule has 1 fully saturated rings. The summed E-state index contributed by atoms with van der Waals surface area (Å²) in [6, 6.07) is 2.97. The van der Waals surface area contributed by atoms with E-state index >= 15 is 0 Å². The van der Waals surface area contributed by atoms with Crippen molar-refractivity contribution in [2.24, 2.45) is 0 Å². The van der Waals surface area contributed by atoms with Gasteiger partial charge in [0.25, 0.3) is 0 Å². The van der Waals surface area contributed by atoms with Crippen LogP contribution in [0.4, 0.5) is 10.1 Å². The number of hydrogen-bond acceptors (Lipinski definition) is 3. The maximum atomic E-state index is 14.4. The Balaban J connectivity index is 2.25. The molecule has 0 amide bonds. The van der Waals surface area contributed by atoms with Crippen molar-refractivity contribution in [1.29, 1.82) is 0 Å². The lowest BCUT2D eigenvalue weighted by Crippen LogP contribution is -2.36.